The van der Waals surface area contributed by atoms with Gasteiger partial charge in [-0.1, -0.05) is 30.3 Å². The average molecular weight is 395 g/mol. The number of ether oxygens (including phenoxy) is 2. The minimum absolute atomic E-state index is 0.0430. The number of tetrazole rings is 1. The molecule has 0 radical (unpaired) electrons. The van der Waals surface area contributed by atoms with Gasteiger partial charge in [0, 0.05) is 19.2 Å². The number of hydrogen-bond donors (Lipinski definition) is 0. The summed E-state index contributed by atoms with van der Waals surface area (Å²) in [4.78, 5) is 15.5. The van der Waals surface area contributed by atoms with Gasteiger partial charge in [-0.3, -0.25) is 4.79 Å². The standard InChI is InChI=1S/C21H25N5O3/c1-15-7-5-6-8-17(15)21-22-24-26(23-21)14-20(27)25(2)12-11-16-9-10-18(28-3)19(13-16)29-4/h5-10,13H,11-12,14H2,1-4H3. The van der Waals surface area contributed by atoms with Crippen LogP contribution in [0.25, 0.3) is 11.4 Å². The normalized spacial score (nSPS) is 10.6. The lowest BCUT2D eigenvalue weighted by molar-refractivity contribution is -0.130. The van der Waals surface area contributed by atoms with Gasteiger partial charge in [0.15, 0.2) is 11.5 Å². The van der Waals surface area contributed by atoms with E-state index in [4.69, 9.17) is 9.47 Å². The van der Waals surface area contributed by atoms with Crippen LogP contribution in [0.3, 0.4) is 0 Å². The van der Waals surface area contributed by atoms with E-state index in [1.807, 2.05) is 49.4 Å². The first-order valence-electron chi connectivity index (χ1n) is 9.30. The summed E-state index contributed by atoms with van der Waals surface area (Å²) < 4.78 is 10.6. The molecule has 0 fully saturated rings. The van der Waals surface area contributed by atoms with Gasteiger partial charge in [-0.15, -0.1) is 10.2 Å². The molecule has 0 aliphatic carbocycles. The lowest BCUT2D eigenvalue weighted by Gasteiger charge is -2.17. The summed E-state index contributed by atoms with van der Waals surface area (Å²) >= 11 is 0. The average Bonchev–Trinajstić information content (AvgIpc) is 3.20. The zero-order valence-electron chi connectivity index (χ0n) is 17.1. The summed E-state index contributed by atoms with van der Waals surface area (Å²) in [6, 6.07) is 13.6. The summed E-state index contributed by atoms with van der Waals surface area (Å²) in [5.74, 6) is 1.79. The van der Waals surface area contributed by atoms with Crippen molar-refractivity contribution in [3.8, 4) is 22.9 Å². The Morgan fingerprint density at radius 2 is 1.86 bits per heavy atom. The fourth-order valence-corrected chi connectivity index (χ4v) is 2.94. The summed E-state index contributed by atoms with van der Waals surface area (Å²) in [6.45, 7) is 2.60. The van der Waals surface area contributed by atoms with Crippen molar-refractivity contribution < 1.29 is 14.3 Å². The molecule has 8 heteroatoms. The number of likely N-dealkylation sites (N-methyl/N-ethyl adjacent to an activating group) is 1. The largest absolute Gasteiger partial charge is 0.493 e. The zero-order chi connectivity index (χ0) is 20.8. The van der Waals surface area contributed by atoms with Crippen LogP contribution in [0, 0.1) is 6.92 Å². The molecule has 0 spiro atoms. The van der Waals surface area contributed by atoms with Gasteiger partial charge in [-0.25, -0.2) is 0 Å². The van der Waals surface area contributed by atoms with Crippen LogP contribution in [-0.2, 0) is 17.8 Å². The number of aromatic nitrogens is 4. The van der Waals surface area contributed by atoms with Crippen LogP contribution in [0.5, 0.6) is 11.5 Å². The molecule has 8 nitrogen and oxygen atoms in total. The van der Waals surface area contributed by atoms with Crippen LogP contribution in [0.15, 0.2) is 42.5 Å². The molecule has 2 aromatic carbocycles. The maximum absolute atomic E-state index is 12.5. The molecule has 0 aliphatic heterocycles. The fourth-order valence-electron chi connectivity index (χ4n) is 2.94. The van der Waals surface area contributed by atoms with Crippen molar-refractivity contribution in [2.45, 2.75) is 19.9 Å². The molecule has 0 bridgehead atoms. The monoisotopic (exact) mass is 395 g/mol. The molecule has 0 saturated heterocycles. The van der Waals surface area contributed by atoms with Crippen LogP contribution in [0.4, 0.5) is 0 Å². The van der Waals surface area contributed by atoms with Gasteiger partial charge in [0.1, 0.15) is 6.54 Å². The van der Waals surface area contributed by atoms with Crippen LogP contribution in [-0.4, -0.2) is 58.8 Å². The van der Waals surface area contributed by atoms with Crippen molar-refractivity contribution >= 4 is 5.91 Å². The predicted octanol–water partition coefficient (Wildman–Crippen LogP) is 2.37. The first kappa shape index (κ1) is 20.3. The fraction of sp³-hybridized carbons (Fsp3) is 0.333. The smallest absolute Gasteiger partial charge is 0.245 e. The van der Waals surface area contributed by atoms with E-state index in [1.165, 1.54) is 4.80 Å². The quantitative estimate of drug-likeness (QED) is 0.582. The highest BCUT2D eigenvalue weighted by Crippen LogP contribution is 2.27. The van der Waals surface area contributed by atoms with Crippen molar-refractivity contribution in [3.05, 3.63) is 53.6 Å². The Kier molecular flexibility index (Phi) is 6.43. The molecule has 0 N–H and O–H groups in total. The molecule has 0 atom stereocenters. The van der Waals surface area contributed by atoms with Crippen molar-refractivity contribution in [3.63, 3.8) is 0 Å². The molecule has 1 heterocycles. The number of rotatable bonds is 8. The number of hydrogen-bond acceptors (Lipinski definition) is 6. The SMILES string of the molecule is COc1ccc(CCN(C)C(=O)Cn2nnc(-c3ccccc3C)n2)cc1OC. The number of amides is 1. The first-order valence-corrected chi connectivity index (χ1v) is 9.30. The Labute approximate surface area is 170 Å². The minimum atomic E-state index is -0.0841. The van der Waals surface area contributed by atoms with Crippen molar-refractivity contribution in [2.75, 3.05) is 27.8 Å². The van der Waals surface area contributed by atoms with Crippen molar-refractivity contribution in [1.29, 1.82) is 0 Å². The van der Waals surface area contributed by atoms with E-state index in [1.54, 1.807) is 26.2 Å². The highest BCUT2D eigenvalue weighted by atomic mass is 16.5. The third kappa shape index (κ3) is 4.90. The molecule has 152 valence electrons. The Morgan fingerprint density at radius 3 is 2.59 bits per heavy atom. The van der Waals surface area contributed by atoms with Gasteiger partial charge >= 0.3 is 0 Å². The topological polar surface area (TPSA) is 82.4 Å². The first-order chi connectivity index (χ1) is 14.0. The van der Waals surface area contributed by atoms with E-state index in [0.29, 0.717) is 30.3 Å². The van der Waals surface area contributed by atoms with E-state index in [-0.39, 0.29) is 12.5 Å². The lowest BCUT2D eigenvalue weighted by Crippen LogP contribution is -2.32. The molecule has 0 unspecified atom stereocenters. The van der Waals surface area contributed by atoms with Crippen molar-refractivity contribution in [1.82, 2.24) is 25.1 Å². The Bertz CT molecular complexity index is 986. The Balaban J connectivity index is 1.58. The summed E-state index contributed by atoms with van der Waals surface area (Å²) in [6.07, 6.45) is 0.696. The lowest BCUT2D eigenvalue weighted by atomic mass is 10.1. The van der Waals surface area contributed by atoms with Gasteiger partial charge < -0.3 is 14.4 Å². The summed E-state index contributed by atoms with van der Waals surface area (Å²) in [5, 5.41) is 12.4. The van der Waals surface area contributed by atoms with Gasteiger partial charge in [-0.05, 0) is 41.8 Å². The molecule has 29 heavy (non-hydrogen) atoms. The number of aryl methyl sites for hydroxylation is 1. The highest BCUT2D eigenvalue weighted by Gasteiger charge is 2.14. The van der Waals surface area contributed by atoms with Crippen LogP contribution >= 0.6 is 0 Å². The van der Waals surface area contributed by atoms with Gasteiger partial charge in [0.25, 0.3) is 0 Å². The molecular weight excluding hydrogens is 370 g/mol. The maximum Gasteiger partial charge on any atom is 0.245 e. The van der Waals surface area contributed by atoms with Gasteiger partial charge in [0.05, 0.1) is 14.2 Å². The minimum Gasteiger partial charge on any atom is -0.493 e. The van der Waals surface area contributed by atoms with E-state index < -0.39 is 0 Å². The zero-order valence-corrected chi connectivity index (χ0v) is 17.1. The van der Waals surface area contributed by atoms with Crippen LogP contribution in [0.1, 0.15) is 11.1 Å². The molecule has 0 saturated carbocycles. The van der Waals surface area contributed by atoms with Gasteiger partial charge in [0.2, 0.25) is 11.7 Å². The van der Waals surface area contributed by atoms with E-state index in [0.717, 1.165) is 16.7 Å². The predicted molar refractivity (Wildman–Crippen MR) is 109 cm³/mol. The second-order valence-corrected chi connectivity index (χ2v) is 6.71. The maximum atomic E-state index is 12.5. The Morgan fingerprint density at radius 1 is 1.10 bits per heavy atom. The molecule has 0 aliphatic rings. The summed E-state index contributed by atoms with van der Waals surface area (Å²) in [5.41, 5.74) is 3.03. The van der Waals surface area contributed by atoms with E-state index >= 15 is 0 Å². The number of carbonyl (C=O) groups is 1. The molecule has 1 aromatic heterocycles. The van der Waals surface area contributed by atoms with Crippen LogP contribution in [0.2, 0.25) is 0 Å². The molecular formula is C21H25N5O3. The van der Waals surface area contributed by atoms with Crippen molar-refractivity contribution in [2.24, 2.45) is 0 Å². The second kappa shape index (κ2) is 9.18. The van der Waals surface area contributed by atoms with Gasteiger partial charge in [-0.2, -0.15) is 4.80 Å². The van der Waals surface area contributed by atoms with E-state index in [2.05, 4.69) is 15.4 Å². The highest BCUT2D eigenvalue weighted by molar-refractivity contribution is 5.75. The molecule has 3 aromatic rings. The van der Waals surface area contributed by atoms with E-state index in [9.17, 15) is 4.79 Å². The Hall–Kier alpha value is -3.42. The number of nitrogens with zero attached hydrogens (tertiary/aromatic N) is 5. The molecule has 3 rings (SSSR count). The number of methoxy groups -OCH3 is 2. The second-order valence-electron chi connectivity index (χ2n) is 6.71. The molecule has 1 amide bonds. The number of benzene rings is 2. The number of carbonyl (C=O) groups excluding carboxylic acids is 1. The van der Waals surface area contributed by atoms with Crippen LogP contribution < -0.4 is 9.47 Å². The third-order valence-electron chi connectivity index (χ3n) is 4.73. The summed E-state index contributed by atoms with van der Waals surface area (Å²) in [7, 11) is 4.97. The third-order valence-corrected chi connectivity index (χ3v) is 4.73.